The molecule has 21 heavy (non-hydrogen) atoms. The number of nitrogens with zero attached hydrogens (tertiary/aromatic N) is 1. The van der Waals surface area contributed by atoms with E-state index in [1.165, 1.54) is 18.4 Å². The van der Waals surface area contributed by atoms with Gasteiger partial charge in [0.2, 0.25) is 0 Å². The Morgan fingerprint density at radius 2 is 2.24 bits per heavy atom. The van der Waals surface area contributed by atoms with Crippen LogP contribution in [-0.4, -0.2) is 50.9 Å². The molecule has 1 N–H and O–H groups in total. The molecule has 0 radical (unpaired) electrons. The lowest BCUT2D eigenvalue weighted by Gasteiger charge is -2.23. The first-order valence-electron chi connectivity index (χ1n) is 7.86. The SMILES string of the molecule is COc1ccccc1CN(C)CCNC(C)C1CCCO1. The Hall–Kier alpha value is -1.10. The Morgan fingerprint density at radius 3 is 2.95 bits per heavy atom. The molecule has 0 bridgehead atoms. The Bertz CT molecular complexity index is 419. The number of para-hydroxylation sites is 1. The fourth-order valence-corrected chi connectivity index (χ4v) is 2.81. The minimum Gasteiger partial charge on any atom is -0.496 e. The highest BCUT2D eigenvalue weighted by Crippen LogP contribution is 2.18. The van der Waals surface area contributed by atoms with Gasteiger partial charge in [-0.15, -0.1) is 0 Å². The molecular formula is C17H28N2O2. The minimum absolute atomic E-state index is 0.393. The Kier molecular flexibility index (Phi) is 6.49. The molecule has 1 fully saturated rings. The van der Waals surface area contributed by atoms with E-state index < -0.39 is 0 Å². The summed E-state index contributed by atoms with van der Waals surface area (Å²) >= 11 is 0. The van der Waals surface area contributed by atoms with Crippen LogP contribution < -0.4 is 10.1 Å². The molecule has 4 nitrogen and oxygen atoms in total. The second kappa shape index (κ2) is 8.37. The number of ether oxygens (including phenoxy) is 2. The monoisotopic (exact) mass is 292 g/mol. The van der Waals surface area contributed by atoms with Gasteiger partial charge in [-0.05, 0) is 32.9 Å². The van der Waals surface area contributed by atoms with Gasteiger partial charge in [0.15, 0.2) is 0 Å². The van der Waals surface area contributed by atoms with Crippen LogP contribution in [0, 0.1) is 0 Å². The molecular weight excluding hydrogens is 264 g/mol. The lowest BCUT2D eigenvalue weighted by Crippen LogP contribution is -2.40. The molecule has 1 saturated heterocycles. The van der Waals surface area contributed by atoms with Crippen molar-refractivity contribution in [1.82, 2.24) is 10.2 Å². The van der Waals surface area contributed by atoms with E-state index in [-0.39, 0.29) is 0 Å². The summed E-state index contributed by atoms with van der Waals surface area (Å²) in [6.45, 7) is 6.03. The molecule has 2 unspecified atom stereocenters. The first-order chi connectivity index (χ1) is 10.2. The molecule has 2 rings (SSSR count). The van der Waals surface area contributed by atoms with Crippen molar-refractivity contribution in [3.63, 3.8) is 0 Å². The maximum absolute atomic E-state index is 5.71. The Morgan fingerprint density at radius 1 is 1.43 bits per heavy atom. The van der Waals surface area contributed by atoms with Gasteiger partial charge in [0.25, 0.3) is 0 Å². The molecule has 0 spiro atoms. The maximum Gasteiger partial charge on any atom is 0.123 e. The normalized spacial score (nSPS) is 19.9. The summed E-state index contributed by atoms with van der Waals surface area (Å²) in [4.78, 5) is 2.31. The fraction of sp³-hybridized carbons (Fsp3) is 0.647. The third-order valence-electron chi connectivity index (χ3n) is 4.12. The highest BCUT2D eigenvalue weighted by molar-refractivity contribution is 5.32. The largest absolute Gasteiger partial charge is 0.496 e. The van der Waals surface area contributed by atoms with E-state index in [4.69, 9.17) is 9.47 Å². The van der Waals surface area contributed by atoms with Gasteiger partial charge in [-0.1, -0.05) is 18.2 Å². The van der Waals surface area contributed by atoms with Crippen molar-refractivity contribution in [3.05, 3.63) is 29.8 Å². The van der Waals surface area contributed by atoms with Gasteiger partial charge in [-0.3, -0.25) is 0 Å². The van der Waals surface area contributed by atoms with Gasteiger partial charge < -0.3 is 19.7 Å². The van der Waals surface area contributed by atoms with Crippen molar-refractivity contribution in [3.8, 4) is 5.75 Å². The van der Waals surface area contributed by atoms with Gasteiger partial charge in [0.1, 0.15) is 5.75 Å². The Labute approximate surface area is 128 Å². The van der Waals surface area contributed by atoms with Crippen molar-refractivity contribution in [1.29, 1.82) is 0 Å². The van der Waals surface area contributed by atoms with E-state index in [2.05, 4.69) is 36.3 Å². The van der Waals surface area contributed by atoms with E-state index in [1.807, 2.05) is 12.1 Å². The zero-order valence-electron chi connectivity index (χ0n) is 13.5. The van der Waals surface area contributed by atoms with E-state index in [0.29, 0.717) is 12.1 Å². The predicted octanol–water partition coefficient (Wildman–Crippen LogP) is 2.28. The van der Waals surface area contributed by atoms with Crippen molar-refractivity contribution >= 4 is 0 Å². The predicted molar refractivity (Wildman–Crippen MR) is 85.8 cm³/mol. The van der Waals surface area contributed by atoms with Crippen LogP contribution >= 0.6 is 0 Å². The van der Waals surface area contributed by atoms with E-state index in [9.17, 15) is 0 Å². The average Bonchev–Trinajstić information content (AvgIpc) is 3.02. The average molecular weight is 292 g/mol. The summed E-state index contributed by atoms with van der Waals surface area (Å²) in [7, 11) is 3.87. The molecule has 118 valence electrons. The standard InChI is InChI=1S/C17H28N2O2/c1-14(16-9-6-12-21-16)18-10-11-19(2)13-15-7-4-5-8-17(15)20-3/h4-5,7-8,14,16,18H,6,9-13H2,1-3H3. The fourth-order valence-electron chi connectivity index (χ4n) is 2.81. The van der Waals surface area contributed by atoms with Gasteiger partial charge in [0.05, 0.1) is 13.2 Å². The van der Waals surface area contributed by atoms with Crippen LogP contribution in [0.15, 0.2) is 24.3 Å². The van der Waals surface area contributed by atoms with Gasteiger partial charge >= 0.3 is 0 Å². The van der Waals surface area contributed by atoms with Crippen LogP contribution in [0.4, 0.5) is 0 Å². The molecule has 0 amide bonds. The summed E-state index contributed by atoms with van der Waals surface area (Å²) in [5.41, 5.74) is 1.23. The molecule has 0 aliphatic carbocycles. The van der Waals surface area contributed by atoms with Crippen LogP contribution in [-0.2, 0) is 11.3 Å². The second-order valence-electron chi connectivity index (χ2n) is 5.84. The molecule has 0 saturated carbocycles. The van der Waals surface area contributed by atoms with Crippen molar-refractivity contribution in [2.45, 2.75) is 38.5 Å². The van der Waals surface area contributed by atoms with Crippen LogP contribution in [0.1, 0.15) is 25.3 Å². The maximum atomic E-state index is 5.71. The number of nitrogens with one attached hydrogen (secondary N) is 1. The van der Waals surface area contributed by atoms with Gasteiger partial charge in [0, 0.05) is 37.8 Å². The van der Waals surface area contributed by atoms with E-state index >= 15 is 0 Å². The molecule has 0 aromatic heterocycles. The number of benzene rings is 1. The second-order valence-corrected chi connectivity index (χ2v) is 5.84. The van der Waals surface area contributed by atoms with Crippen LogP contribution in [0.5, 0.6) is 5.75 Å². The summed E-state index contributed by atoms with van der Waals surface area (Å²) < 4.78 is 11.1. The van der Waals surface area contributed by atoms with Crippen molar-refractivity contribution < 1.29 is 9.47 Å². The highest BCUT2D eigenvalue weighted by Gasteiger charge is 2.21. The third kappa shape index (κ3) is 4.99. The molecule has 1 aliphatic rings. The molecule has 1 aromatic rings. The van der Waals surface area contributed by atoms with Crippen molar-refractivity contribution in [2.75, 3.05) is 33.9 Å². The molecule has 2 atom stereocenters. The Balaban J connectivity index is 1.70. The summed E-state index contributed by atoms with van der Waals surface area (Å²) in [5, 5.41) is 3.57. The number of hydrogen-bond donors (Lipinski definition) is 1. The van der Waals surface area contributed by atoms with Crippen LogP contribution in [0.3, 0.4) is 0 Å². The van der Waals surface area contributed by atoms with Crippen LogP contribution in [0.2, 0.25) is 0 Å². The summed E-state index contributed by atoms with van der Waals surface area (Å²) in [6, 6.07) is 8.64. The van der Waals surface area contributed by atoms with Gasteiger partial charge in [-0.2, -0.15) is 0 Å². The lowest BCUT2D eigenvalue weighted by atomic mass is 10.1. The summed E-state index contributed by atoms with van der Waals surface area (Å²) in [6.07, 6.45) is 2.78. The van der Waals surface area contributed by atoms with Crippen molar-refractivity contribution in [2.24, 2.45) is 0 Å². The smallest absolute Gasteiger partial charge is 0.123 e. The quantitative estimate of drug-likeness (QED) is 0.797. The number of hydrogen-bond acceptors (Lipinski definition) is 4. The zero-order valence-corrected chi connectivity index (χ0v) is 13.5. The van der Waals surface area contributed by atoms with Gasteiger partial charge in [-0.25, -0.2) is 0 Å². The van der Waals surface area contributed by atoms with Crippen LogP contribution in [0.25, 0.3) is 0 Å². The lowest BCUT2D eigenvalue weighted by molar-refractivity contribution is 0.0829. The zero-order chi connectivity index (χ0) is 15.1. The molecule has 1 aliphatic heterocycles. The molecule has 4 heteroatoms. The number of rotatable bonds is 8. The van der Waals surface area contributed by atoms with E-state index in [1.54, 1.807) is 7.11 Å². The molecule has 1 heterocycles. The topological polar surface area (TPSA) is 33.7 Å². The van der Waals surface area contributed by atoms with E-state index in [0.717, 1.165) is 32.0 Å². The first-order valence-corrected chi connectivity index (χ1v) is 7.86. The number of likely N-dealkylation sites (N-methyl/N-ethyl adjacent to an activating group) is 1. The number of methoxy groups -OCH3 is 1. The highest BCUT2D eigenvalue weighted by atomic mass is 16.5. The minimum atomic E-state index is 0.393. The first kappa shape index (κ1) is 16.3. The molecule has 1 aromatic carbocycles. The summed E-state index contributed by atoms with van der Waals surface area (Å²) in [5.74, 6) is 0.963. The third-order valence-corrected chi connectivity index (χ3v) is 4.12.